The van der Waals surface area contributed by atoms with Crippen molar-refractivity contribution in [2.24, 2.45) is 5.92 Å². The van der Waals surface area contributed by atoms with Crippen molar-refractivity contribution in [1.29, 1.82) is 0 Å². The Morgan fingerprint density at radius 2 is 1.73 bits per heavy atom. The minimum Gasteiger partial charge on any atom is -0.373 e. The van der Waals surface area contributed by atoms with Gasteiger partial charge in [-0.2, -0.15) is 0 Å². The van der Waals surface area contributed by atoms with E-state index in [1.165, 1.54) is 0 Å². The average Bonchev–Trinajstić information content (AvgIpc) is 2.53. The third-order valence-electron chi connectivity index (χ3n) is 5.50. The highest BCUT2D eigenvalue weighted by molar-refractivity contribution is 5.74. The van der Waals surface area contributed by atoms with Gasteiger partial charge in [-0.1, -0.05) is 13.8 Å². The number of hydrogen-bond donors (Lipinski definition) is 2. The largest absolute Gasteiger partial charge is 0.373 e. The molecule has 0 bridgehead atoms. The molecule has 2 amide bonds. The lowest BCUT2D eigenvalue weighted by Crippen LogP contribution is -2.59. The molecule has 2 atom stereocenters. The van der Waals surface area contributed by atoms with Crippen LogP contribution < -0.4 is 10.6 Å². The highest BCUT2D eigenvalue weighted by Crippen LogP contribution is 2.20. The number of rotatable bonds is 6. The van der Waals surface area contributed by atoms with E-state index >= 15 is 0 Å². The van der Waals surface area contributed by atoms with Gasteiger partial charge in [-0.3, -0.25) is 4.90 Å². The fourth-order valence-electron chi connectivity index (χ4n) is 4.09. The summed E-state index contributed by atoms with van der Waals surface area (Å²) in [4.78, 5) is 17.3. The van der Waals surface area contributed by atoms with Crippen LogP contribution in [0.1, 0.15) is 54.4 Å². The van der Waals surface area contributed by atoms with Crippen LogP contribution in [0, 0.1) is 5.92 Å². The number of carbonyl (C=O) groups is 1. The van der Waals surface area contributed by atoms with E-state index in [9.17, 15) is 4.79 Å². The normalized spacial score (nSPS) is 26.9. The van der Waals surface area contributed by atoms with Crippen molar-refractivity contribution in [3.63, 3.8) is 0 Å². The Morgan fingerprint density at radius 1 is 1.15 bits per heavy atom. The predicted molar refractivity (Wildman–Crippen MR) is 106 cm³/mol. The number of amides is 2. The van der Waals surface area contributed by atoms with Gasteiger partial charge in [0.1, 0.15) is 0 Å². The van der Waals surface area contributed by atoms with Crippen molar-refractivity contribution < 1.29 is 9.53 Å². The van der Waals surface area contributed by atoms with E-state index in [2.05, 4.69) is 62.0 Å². The number of nitrogens with one attached hydrogen (secondary N) is 2. The zero-order valence-corrected chi connectivity index (χ0v) is 17.7. The molecule has 2 saturated heterocycles. The molecule has 6 nitrogen and oxygen atoms in total. The molecule has 0 aromatic rings. The SMILES string of the molecule is CC(C)CN1CCC(NC(=O)NCC(C)(C)N2CC(C)OC(C)C2)CC1. The summed E-state index contributed by atoms with van der Waals surface area (Å²) >= 11 is 0. The first-order valence-electron chi connectivity index (χ1n) is 10.3. The predicted octanol–water partition coefficient (Wildman–Crippen LogP) is 2.29. The number of ether oxygens (including phenoxy) is 1. The maximum atomic E-state index is 12.3. The molecule has 6 heteroatoms. The van der Waals surface area contributed by atoms with Gasteiger partial charge in [-0.05, 0) is 46.5 Å². The zero-order valence-electron chi connectivity index (χ0n) is 17.7. The average molecular weight is 369 g/mol. The molecule has 2 heterocycles. The maximum absolute atomic E-state index is 12.3. The second-order valence-corrected chi connectivity index (χ2v) is 9.27. The van der Waals surface area contributed by atoms with Crippen LogP contribution in [0.5, 0.6) is 0 Å². The summed E-state index contributed by atoms with van der Waals surface area (Å²) in [5.74, 6) is 0.704. The molecule has 2 fully saturated rings. The third-order valence-corrected chi connectivity index (χ3v) is 5.50. The van der Waals surface area contributed by atoms with E-state index in [0.29, 0.717) is 18.5 Å². The lowest BCUT2D eigenvalue weighted by atomic mass is 10.00. The zero-order chi connectivity index (χ0) is 19.3. The molecule has 152 valence electrons. The molecule has 0 saturated carbocycles. The van der Waals surface area contributed by atoms with Gasteiger partial charge in [0.2, 0.25) is 0 Å². The summed E-state index contributed by atoms with van der Waals surface area (Å²) in [6, 6.07) is 0.264. The Balaban J connectivity index is 1.71. The van der Waals surface area contributed by atoms with Crippen molar-refractivity contribution >= 4 is 6.03 Å². The molecule has 26 heavy (non-hydrogen) atoms. The molecule has 2 unspecified atom stereocenters. The van der Waals surface area contributed by atoms with Crippen molar-refractivity contribution in [2.45, 2.75) is 78.2 Å². The quantitative estimate of drug-likeness (QED) is 0.755. The van der Waals surface area contributed by atoms with E-state index < -0.39 is 0 Å². The molecule has 2 aliphatic heterocycles. The number of morpholine rings is 1. The van der Waals surface area contributed by atoms with Crippen molar-refractivity contribution in [1.82, 2.24) is 20.4 Å². The monoisotopic (exact) mass is 368 g/mol. The second kappa shape index (κ2) is 9.38. The Kier molecular flexibility index (Phi) is 7.74. The van der Waals surface area contributed by atoms with Crippen LogP contribution in [-0.2, 0) is 4.74 Å². The summed E-state index contributed by atoms with van der Waals surface area (Å²) in [6.07, 6.45) is 2.56. The molecule has 0 aromatic carbocycles. The molecule has 0 spiro atoms. The standard InChI is InChI=1S/C20H40N4O2/c1-15(2)11-23-9-7-18(8-10-23)22-19(25)21-14-20(5,6)24-12-16(3)26-17(4)13-24/h15-18H,7-14H2,1-6H3,(H2,21,22,25). The first-order chi connectivity index (χ1) is 12.2. The Hall–Kier alpha value is -0.850. The van der Waals surface area contributed by atoms with Crippen LogP contribution >= 0.6 is 0 Å². The van der Waals surface area contributed by atoms with E-state index in [-0.39, 0.29) is 23.8 Å². The van der Waals surface area contributed by atoms with Gasteiger partial charge in [0.15, 0.2) is 0 Å². The highest BCUT2D eigenvalue weighted by atomic mass is 16.5. The van der Waals surface area contributed by atoms with Gasteiger partial charge in [-0.25, -0.2) is 4.79 Å². The second-order valence-electron chi connectivity index (χ2n) is 9.27. The number of carbonyl (C=O) groups excluding carboxylic acids is 1. The van der Waals surface area contributed by atoms with E-state index in [4.69, 9.17) is 4.74 Å². The highest BCUT2D eigenvalue weighted by Gasteiger charge is 2.33. The molecule has 2 N–H and O–H groups in total. The van der Waals surface area contributed by atoms with Crippen molar-refractivity contribution in [3.8, 4) is 0 Å². The molecule has 0 aromatic heterocycles. The maximum Gasteiger partial charge on any atom is 0.315 e. The summed E-state index contributed by atoms with van der Waals surface area (Å²) in [5.41, 5.74) is -0.0791. The van der Waals surface area contributed by atoms with Crippen LogP contribution in [0.4, 0.5) is 4.79 Å². The summed E-state index contributed by atoms with van der Waals surface area (Å²) < 4.78 is 5.82. The van der Waals surface area contributed by atoms with Crippen LogP contribution in [0.15, 0.2) is 0 Å². The lowest BCUT2D eigenvalue weighted by Gasteiger charge is -2.45. The molecular formula is C20H40N4O2. The van der Waals surface area contributed by atoms with Gasteiger partial charge in [0, 0.05) is 50.8 Å². The Bertz CT molecular complexity index is 437. The summed E-state index contributed by atoms with van der Waals surface area (Å²) in [7, 11) is 0. The first-order valence-corrected chi connectivity index (χ1v) is 10.3. The first kappa shape index (κ1) is 21.5. The van der Waals surface area contributed by atoms with Gasteiger partial charge >= 0.3 is 6.03 Å². The lowest BCUT2D eigenvalue weighted by molar-refractivity contribution is -0.0947. The fourth-order valence-corrected chi connectivity index (χ4v) is 4.09. The van der Waals surface area contributed by atoms with Gasteiger partial charge in [0.05, 0.1) is 12.2 Å². The van der Waals surface area contributed by atoms with Crippen molar-refractivity contribution in [3.05, 3.63) is 0 Å². The Morgan fingerprint density at radius 3 is 2.27 bits per heavy atom. The Labute approximate surface area is 160 Å². The fraction of sp³-hybridized carbons (Fsp3) is 0.950. The summed E-state index contributed by atoms with van der Waals surface area (Å²) in [6.45, 7) is 18.9. The van der Waals surface area contributed by atoms with Crippen LogP contribution in [0.2, 0.25) is 0 Å². The number of nitrogens with zero attached hydrogens (tertiary/aromatic N) is 2. The molecule has 2 aliphatic rings. The van der Waals surface area contributed by atoms with Crippen LogP contribution in [0.3, 0.4) is 0 Å². The topological polar surface area (TPSA) is 56.8 Å². The number of hydrogen-bond acceptors (Lipinski definition) is 4. The van der Waals surface area contributed by atoms with E-state index in [1.807, 2.05) is 0 Å². The number of likely N-dealkylation sites (tertiary alicyclic amines) is 1. The molecular weight excluding hydrogens is 328 g/mol. The minimum atomic E-state index is -0.0791. The third kappa shape index (κ3) is 6.71. The molecule has 0 aliphatic carbocycles. The van der Waals surface area contributed by atoms with E-state index in [1.54, 1.807) is 0 Å². The van der Waals surface area contributed by atoms with Crippen molar-refractivity contribution in [2.75, 3.05) is 39.3 Å². The minimum absolute atomic E-state index is 0.0326. The van der Waals surface area contributed by atoms with E-state index in [0.717, 1.165) is 45.6 Å². The van der Waals surface area contributed by atoms with Gasteiger partial charge in [-0.15, -0.1) is 0 Å². The molecule has 2 rings (SSSR count). The molecule has 0 radical (unpaired) electrons. The van der Waals surface area contributed by atoms with Crippen LogP contribution in [-0.4, -0.2) is 78.9 Å². The summed E-state index contributed by atoms with van der Waals surface area (Å²) in [5, 5.41) is 6.26. The smallest absolute Gasteiger partial charge is 0.315 e. The van der Waals surface area contributed by atoms with Gasteiger partial charge in [0.25, 0.3) is 0 Å². The van der Waals surface area contributed by atoms with Crippen LogP contribution in [0.25, 0.3) is 0 Å². The number of piperidine rings is 1. The van der Waals surface area contributed by atoms with Gasteiger partial charge < -0.3 is 20.3 Å². The number of urea groups is 1.